The molecule has 4 fully saturated rings. The van der Waals surface area contributed by atoms with E-state index in [0.29, 0.717) is 24.2 Å². The highest BCUT2D eigenvalue weighted by Gasteiger charge is 2.70. The van der Waals surface area contributed by atoms with Gasteiger partial charge in [-0.15, -0.1) is 0 Å². The van der Waals surface area contributed by atoms with Crippen LogP contribution in [0.5, 0.6) is 0 Å². The van der Waals surface area contributed by atoms with Gasteiger partial charge in [-0.2, -0.15) is 0 Å². The number of hydrogen-bond donors (Lipinski definition) is 3. The van der Waals surface area contributed by atoms with Crippen molar-refractivity contribution in [1.29, 1.82) is 0 Å². The van der Waals surface area contributed by atoms with Crippen molar-refractivity contribution in [1.82, 2.24) is 0 Å². The fourth-order valence-electron chi connectivity index (χ4n) is 8.44. The van der Waals surface area contributed by atoms with E-state index < -0.39 is 17.1 Å². The molecule has 0 saturated heterocycles. The van der Waals surface area contributed by atoms with E-state index in [4.69, 9.17) is 0 Å². The zero-order valence-electron chi connectivity index (χ0n) is 16.7. The van der Waals surface area contributed by atoms with Crippen molar-refractivity contribution in [2.45, 2.75) is 90.4 Å². The van der Waals surface area contributed by atoms with Gasteiger partial charge in [0.1, 0.15) is 5.60 Å². The topological polar surface area (TPSA) is 77.8 Å². The molecule has 148 valence electrons. The van der Waals surface area contributed by atoms with Gasteiger partial charge in [0.15, 0.2) is 5.78 Å². The second kappa shape index (κ2) is 5.78. The first-order valence-corrected chi connectivity index (χ1v) is 10.6. The van der Waals surface area contributed by atoms with Crippen LogP contribution >= 0.6 is 0 Å². The molecular weight excluding hydrogens is 328 g/mol. The van der Waals surface area contributed by atoms with E-state index in [-0.39, 0.29) is 29.1 Å². The summed E-state index contributed by atoms with van der Waals surface area (Å²) in [5.41, 5.74) is -1.77. The van der Waals surface area contributed by atoms with E-state index in [1.807, 2.05) is 6.92 Å². The molecular formula is C22H36O4. The molecule has 0 aromatic heterocycles. The fourth-order valence-corrected chi connectivity index (χ4v) is 8.44. The Bertz CT molecular complexity index is 605. The summed E-state index contributed by atoms with van der Waals surface area (Å²) in [4.78, 5) is 12.5. The molecule has 0 bridgehead atoms. The maximum absolute atomic E-state index is 12.5. The highest BCUT2D eigenvalue weighted by Crippen LogP contribution is 2.69. The van der Waals surface area contributed by atoms with E-state index in [9.17, 15) is 20.1 Å². The molecule has 0 heterocycles. The Hall–Kier alpha value is -0.450. The van der Waals surface area contributed by atoms with E-state index in [1.165, 1.54) is 6.92 Å². The largest absolute Gasteiger partial charge is 0.393 e. The molecule has 10 atom stereocenters. The summed E-state index contributed by atoms with van der Waals surface area (Å²) in [5, 5.41) is 32.9. The minimum Gasteiger partial charge on any atom is -0.393 e. The molecule has 7 unspecified atom stereocenters. The summed E-state index contributed by atoms with van der Waals surface area (Å²) in [7, 11) is 0. The standard InChI is InChI=1S/C22H36O4/c1-12-9-17-16-6-5-14-10-15(24)7-8-20(14,3)19(16)18(25)11-21(17,4)22(12,26)13(2)23/h12,14-19,24-26H,5-11H2,1-4H3/t12?,14-,15?,16?,17?,18+,19?,20?,21?,22-/m0/s1. The molecule has 4 heteroatoms. The molecule has 0 spiro atoms. The van der Waals surface area contributed by atoms with Crippen LogP contribution in [0.15, 0.2) is 0 Å². The molecule has 0 radical (unpaired) electrons. The molecule has 0 aromatic carbocycles. The zero-order valence-corrected chi connectivity index (χ0v) is 16.7. The third-order valence-corrected chi connectivity index (χ3v) is 9.69. The fraction of sp³-hybridized carbons (Fsp3) is 0.955. The van der Waals surface area contributed by atoms with Gasteiger partial charge in [-0.25, -0.2) is 0 Å². The van der Waals surface area contributed by atoms with Crippen LogP contribution < -0.4 is 0 Å². The minimum absolute atomic E-state index is 0.0559. The molecule has 0 aliphatic heterocycles. The molecule has 0 aromatic rings. The highest BCUT2D eigenvalue weighted by molar-refractivity contribution is 5.86. The Morgan fingerprint density at radius 3 is 2.42 bits per heavy atom. The van der Waals surface area contributed by atoms with Crippen molar-refractivity contribution in [3.05, 3.63) is 0 Å². The van der Waals surface area contributed by atoms with Gasteiger partial charge in [0, 0.05) is 5.41 Å². The minimum atomic E-state index is -1.32. The van der Waals surface area contributed by atoms with Crippen LogP contribution in [0.25, 0.3) is 0 Å². The van der Waals surface area contributed by atoms with Crippen LogP contribution in [-0.4, -0.2) is 38.9 Å². The monoisotopic (exact) mass is 364 g/mol. The Morgan fingerprint density at radius 2 is 1.77 bits per heavy atom. The molecule has 4 nitrogen and oxygen atoms in total. The van der Waals surface area contributed by atoms with Crippen LogP contribution in [0, 0.1) is 40.4 Å². The lowest BCUT2D eigenvalue weighted by Crippen LogP contribution is -2.63. The first kappa shape index (κ1) is 18.9. The molecule has 0 amide bonds. The number of fused-ring (bicyclic) bond motifs is 5. The van der Waals surface area contributed by atoms with Gasteiger partial charge < -0.3 is 15.3 Å². The summed E-state index contributed by atoms with van der Waals surface area (Å²) in [6, 6.07) is 0. The van der Waals surface area contributed by atoms with Crippen molar-refractivity contribution in [3.8, 4) is 0 Å². The maximum atomic E-state index is 12.5. The van der Waals surface area contributed by atoms with Crippen molar-refractivity contribution in [2.75, 3.05) is 0 Å². The number of carbonyl (C=O) groups excluding carboxylic acids is 1. The smallest absolute Gasteiger partial charge is 0.162 e. The van der Waals surface area contributed by atoms with Crippen LogP contribution in [0.4, 0.5) is 0 Å². The summed E-state index contributed by atoms with van der Waals surface area (Å²) in [6.07, 6.45) is 5.56. The van der Waals surface area contributed by atoms with E-state index in [1.54, 1.807) is 0 Å². The molecule has 4 rings (SSSR count). The van der Waals surface area contributed by atoms with Gasteiger partial charge in [0.25, 0.3) is 0 Å². The van der Waals surface area contributed by atoms with Gasteiger partial charge in [0.05, 0.1) is 12.2 Å². The number of carbonyl (C=O) groups is 1. The SMILES string of the molecule is CC(=O)[C@@]1(O)C(C)CC2C3CC[C@H]4CC(O)CCC4(C)C3[C@H](O)CC21C. The first-order chi connectivity index (χ1) is 12.1. The zero-order chi connectivity index (χ0) is 19.1. The van der Waals surface area contributed by atoms with Crippen LogP contribution in [0.2, 0.25) is 0 Å². The number of aliphatic hydroxyl groups excluding tert-OH is 2. The second-order valence-electron chi connectivity index (χ2n) is 10.7. The van der Waals surface area contributed by atoms with Gasteiger partial charge in [-0.3, -0.25) is 4.79 Å². The summed E-state index contributed by atoms with van der Waals surface area (Å²) < 4.78 is 0. The average molecular weight is 365 g/mol. The molecule has 3 N–H and O–H groups in total. The number of ketones is 1. The summed E-state index contributed by atoms with van der Waals surface area (Å²) in [6.45, 7) is 7.92. The van der Waals surface area contributed by atoms with Crippen molar-refractivity contribution in [3.63, 3.8) is 0 Å². The van der Waals surface area contributed by atoms with Gasteiger partial charge in [-0.1, -0.05) is 20.8 Å². The summed E-state index contributed by atoms with van der Waals surface area (Å²) >= 11 is 0. The normalized spacial score (nSPS) is 59.3. The molecule has 4 saturated carbocycles. The van der Waals surface area contributed by atoms with Gasteiger partial charge in [-0.05, 0) is 86.9 Å². The molecule has 4 aliphatic rings. The Labute approximate surface area is 157 Å². The molecule has 26 heavy (non-hydrogen) atoms. The Kier molecular flexibility index (Phi) is 4.20. The van der Waals surface area contributed by atoms with E-state index in [0.717, 1.165) is 38.5 Å². The van der Waals surface area contributed by atoms with Crippen LogP contribution in [0.3, 0.4) is 0 Å². The predicted octanol–water partition coefficient (Wildman–Crippen LogP) is 2.93. The lowest BCUT2D eigenvalue weighted by molar-refractivity contribution is -0.203. The highest BCUT2D eigenvalue weighted by atomic mass is 16.3. The number of aliphatic hydroxyl groups is 3. The quantitative estimate of drug-likeness (QED) is 0.668. The third-order valence-electron chi connectivity index (χ3n) is 9.69. The Morgan fingerprint density at radius 1 is 1.08 bits per heavy atom. The Balaban J connectivity index is 1.73. The van der Waals surface area contributed by atoms with Gasteiger partial charge >= 0.3 is 0 Å². The van der Waals surface area contributed by atoms with E-state index in [2.05, 4.69) is 13.8 Å². The van der Waals surface area contributed by atoms with Crippen LogP contribution in [-0.2, 0) is 4.79 Å². The second-order valence-corrected chi connectivity index (χ2v) is 10.7. The average Bonchev–Trinajstić information content (AvgIpc) is 2.76. The number of rotatable bonds is 1. The summed E-state index contributed by atoms with van der Waals surface area (Å²) in [5.74, 6) is 1.19. The van der Waals surface area contributed by atoms with Crippen molar-refractivity contribution in [2.24, 2.45) is 40.4 Å². The number of Topliss-reactive ketones (excluding diaryl/α,β-unsaturated/α-hetero) is 1. The van der Waals surface area contributed by atoms with Crippen molar-refractivity contribution >= 4 is 5.78 Å². The van der Waals surface area contributed by atoms with E-state index >= 15 is 0 Å². The first-order valence-electron chi connectivity index (χ1n) is 10.6. The number of hydrogen-bond acceptors (Lipinski definition) is 4. The lowest BCUT2D eigenvalue weighted by Gasteiger charge is -2.62. The third kappa shape index (κ3) is 2.15. The van der Waals surface area contributed by atoms with Gasteiger partial charge in [0.2, 0.25) is 0 Å². The van der Waals surface area contributed by atoms with Crippen LogP contribution in [0.1, 0.15) is 72.6 Å². The van der Waals surface area contributed by atoms with Crippen molar-refractivity contribution < 1.29 is 20.1 Å². The molecule has 4 aliphatic carbocycles. The maximum Gasteiger partial charge on any atom is 0.162 e. The lowest BCUT2D eigenvalue weighted by atomic mass is 9.43. The predicted molar refractivity (Wildman–Crippen MR) is 99.3 cm³/mol.